The van der Waals surface area contributed by atoms with Gasteiger partial charge in [0, 0.05) is 25.3 Å². The summed E-state index contributed by atoms with van der Waals surface area (Å²) in [4.78, 5) is 7.30. The standard InChI is InChI=1S/C18H31N3/c1-13(2)9-19-10-16-8-15(5)18(20-11-16)21(12-14(3)4)17-6-7-17/h8,11,13-14,17,19H,6-7,9-10,12H2,1-5H3. The Morgan fingerprint density at radius 3 is 2.48 bits per heavy atom. The molecule has 1 aromatic heterocycles. The van der Waals surface area contributed by atoms with E-state index in [1.807, 2.05) is 6.20 Å². The van der Waals surface area contributed by atoms with Crippen LogP contribution in [0.25, 0.3) is 0 Å². The largest absolute Gasteiger partial charge is 0.353 e. The first-order chi connectivity index (χ1) is 9.97. The summed E-state index contributed by atoms with van der Waals surface area (Å²) in [5.74, 6) is 2.56. The minimum Gasteiger partial charge on any atom is -0.353 e. The number of anilines is 1. The molecule has 1 aliphatic rings. The van der Waals surface area contributed by atoms with Gasteiger partial charge in [-0.3, -0.25) is 0 Å². The molecule has 0 spiro atoms. The molecule has 3 nitrogen and oxygen atoms in total. The SMILES string of the molecule is Cc1cc(CNCC(C)C)cnc1N(CC(C)C)C1CC1. The van der Waals surface area contributed by atoms with Gasteiger partial charge in [-0.25, -0.2) is 4.98 Å². The molecule has 0 aliphatic heterocycles. The minimum atomic E-state index is 0.680. The van der Waals surface area contributed by atoms with Gasteiger partial charge in [-0.1, -0.05) is 27.7 Å². The summed E-state index contributed by atoms with van der Waals surface area (Å²) in [6.45, 7) is 14.3. The van der Waals surface area contributed by atoms with Crippen LogP contribution in [0.15, 0.2) is 12.3 Å². The molecule has 0 radical (unpaired) electrons. The number of nitrogens with zero attached hydrogens (tertiary/aromatic N) is 2. The molecule has 0 aromatic carbocycles. The fourth-order valence-electron chi connectivity index (χ4n) is 2.72. The van der Waals surface area contributed by atoms with Gasteiger partial charge < -0.3 is 10.2 Å². The average Bonchev–Trinajstić information content (AvgIpc) is 3.20. The topological polar surface area (TPSA) is 28.2 Å². The molecule has 1 N–H and O–H groups in total. The van der Waals surface area contributed by atoms with E-state index in [-0.39, 0.29) is 0 Å². The first kappa shape index (κ1) is 16.3. The van der Waals surface area contributed by atoms with Crippen LogP contribution in [-0.4, -0.2) is 24.1 Å². The summed E-state index contributed by atoms with van der Waals surface area (Å²) in [6.07, 6.45) is 4.70. The molecule has 0 unspecified atom stereocenters. The molecule has 1 saturated carbocycles. The minimum absolute atomic E-state index is 0.680. The van der Waals surface area contributed by atoms with E-state index >= 15 is 0 Å². The van der Waals surface area contributed by atoms with Crippen molar-refractivity contribution in [1.29, 1.82) is 0 Å². The molecule has 0 amide bonds. The number of rotatable bonds is 8. The second-order valence-electron chi connectivity index (χ2n) is 7.29. The fraction of sp³-hybridized carbons (Fsp3) is 0.722. The average molecular weight is 289 g/mol. The van der Waals surface area contributed by atoms with E-state index in [1.165, 1.54) is 29.8 Å². The van der Waals surface area contributed by atoms with E-state index in [9.17, 15) is 0 Å². The maximum Gasteiger partial charge on any atom is 0.131 e. The van der Waals surface area contributed by atoms with Crippen molar-refractivity contribution >= 4 is 5.82 Å². The van der Waals surface area contributed by atoms with Crippen LogP contribution >= 0.6 is 0 Å². The van der Waals surface area contributed by atoms with Crippen LogP contribution in [0.5, 0.6) is 0 Å². The number of aromatic nitrogens is 1. The lowest BCUT2D eigenvalue weighted by molar-refractivity contribution is 0.551. The molecule has 21 heavy (non-hydrogen) atoms. The summed E-state index contributed by atoms with van der Waals surface area (Å²) in [7, 11) is 0. The Hall–Kier alpha value is -1.09. The van der Waals surface area contributed by atoms with Gasteiger partial charge in [0.15, 0.2) is 0 Å². The van der Waals surface area contributed by atoms with Gasteiger partial charge in [0.05, 0.1) is 0 Å². The number of aryl methyl sites for hydroxylation is 1. The summed E-state index contributed by atoms with van der Waals surface area (Å²) >= 11 is 0. The molecule has 3 heteroatoms. The van der Waals surface area contributed by atoms with Gasteiger partial charge in [-0.2, -0.15) is 0 Å². The third-order valence-corrected chi connectivity index (χ3v) is 3.81. The second kappa shape index (κ2) is 7.26. The van der Waals surface area contributed by atoms with E-state index in [4.69, 9.17) is 4.98 Å². The Kier molecular flexibility index (Phi) is 5.63. The Morgan fingerprint density at radius 2 is 1.95 bits per heavy atom. The molecule has 1 aliphatic carbocycles. The molecular formula is C18H31N3. The van der Waals surface area contributed by atoms with Crippen molar-refractivity contribution in [2.45, 2.75) is 60.0 Å². The van der Waals surface area contributed by atoms with Gasteiger partial charge in [0.2, 0.25) is 0 Å². The third kappa shape index (κ3) is 4.99. The highest BCUT2D eigenvalue weighted by atomic mass is 15.2. The lowest BCUT2D eigenvalue weighted by atomic mass is 10.1. The number of hydrogen-bond donors (Lipinski definition) is 1. The molecule has 118 valence electrons. The van der Waals surface area contributed by atoms with Crippen molar-refractivity contribution in [2.75, 3.05) is 18.0 Å². The highest BCUT2D eigenvalue weighted by molar-refractivity contribution is 5.49. The normalized spacial score (nSPS) is 15.0. The highest BCUT2D eigenvalue weighted by Gasteiger charge is 2.31. The molecule has 1 aromatic rings. The van der Waals surface area contributed by atoms with Crippen LogP contribution in [0.2, 0.25) is 0 Å². The number of pyridine rings is 1. The van der Waals surface area contributed by atoms with Gasteiger partial charge in [0.25, 0.3) is 0 Å². The Labute approximate surface area is 130 Å². The predicted octanol–water partition coefficient (Wildman–Crippen LogP) is 3.76. The van der Waals surface area contributed by atoms with Crippen LogP contribution in [-0.2, 0) is 6.54 Å². The number of nitrogens with one attached hydrogen (secondary N) is 1. The first-order valence-corrected chi connectivity index (χ1v) is 8.40. The molecule has 0 bridgehead atoms. The number of hydrogen-bond acceptors (Lipinski definition) is 3. The Morgan fingerprint density at radius 1 is 1.24 bits per heavy atom. The Balaban J connectivity index is 2.03. The zero-order chi connectivity index (χ0) is 15.4. The van der Waals surface area contributed by atoms with Crippen molar-refractivity contribution in [2.24, 2.45) is 11.8 Å². The first-order valence-electron chi connectivity index (χ1n) is 8.40. The van der Waals surface area contributed by atoms with Gasteiger partial charge in [-0.05, 0) is 55.3 Å². The van der Waals surface area contributed by atoms with E-state index in [0.717, 1.165) is 25.7 Å². The van der Waals surface area contributed by atoms with Crippen LogP contribution in [0.3, 0.4) is 0 Å². The van der Waals surface area contributed by atoms with E-state index < -0.39 is 0 Å². The highest BCUT2D eigenvalue weighted by Crippen LogP contribution is 2.33. The molecule has 0 saturated heterocycles. The zero-order valence-electron chi connectivity index (χ0n) is 14.3. The lowest BCUT2D eigenvalue weighted by Crippen LogP contribution is -2.31. The second-order valence-corrected chi connectivity index (χ2v) is 7.29. The van der Waals surface area contributed by atoms with Gasteiger partial charge in [0.1, 0.15) is 5.82 Å². The Bertz CT molecular complexity index is 450. The van der Waals surface area contributed by atoms with Crippen LogP contribution in [0, 0.1) is 18.8 Å². The maximum absolute atomic E-state index is 4.78. The molecular weight excluding hydrogens is 258 g/mol. The van der Waals surface area contributed by atoms with Crippen molar-refractivity contribution in [3.63, 3.8) is 0 Å². The quantitative estimate of drug-likeness (QED) is 0.790. The monoisotopic (exact) mass is 289 g/mol. The zero-order valence-corrected chi connectivity index (χ0v) is 14.3. The molecule has 1 fully saturated rings. The van der Waals surface area contributed by atoms with Crippen LogP contribution in [0.4, 0.5) is 5.82 Å². The lowest BCUT2D eigenvalue weighted by Gasteiger charge is -2.27. The molecule has 0 atom stereocenters. The van der Waals surface area contributed by atoms with Crippen molar-refractivity contribution < 1.29 is 0 Å². The third-order valence-electron chi connectivity index (χ3n) is 3.81. The summed E-state index contributed by atoms with van der Waals surface area (Å²) in [6, 6.07) is 3.02. The van der Waals surface area contributed by atoms with E-state index in [1.54, 1.807) is 0 Å². The van der Waals surface area contributed by atoms with Crippen molar-refractivity contribution in [3.8, 4) is 0 Å². The smallest absolute Gasteiger partial charge is 0.131 e. The van der Waals surface area contributed by atoms with E-state index in [0.29, 0.717) is 11.8 Å². The van der Waals surface area contributed by atoms with E-state index in [2.05, 4.69) is 50.9 Å². The fourth-order valence-corrected chi connectivity index (χ4v) is 2.72. The summed E-state index contributed by atoms with van der Waals surface area (Å²) in [5, 5.41) is 3.49. The van der Waals surface area contributed by atoms with Gasteiger partial charge in [-0.15, -0.1) is 0 Å². The summed E-state index contributed by atoms with van der Waals surface area (Å²) < 4.78 is 0. The molecule has 1 heterocycles. The predicted molar refractivity (Wildman–Crippen MR) is 90.7 cm³/mol. The van der Waals surface area contributed by atoms with Gasteiger partial charge >= 0.3 is 0 Å². The maximum atomic E-state index is 4.78. The van der Waals surface area contributed by atoms with Crippen LogP contribution < -0.4 is 10.2 Å². The van der Waals surface area contributed by atoms with Crippen molar-refractivity contribution in [1.82, 2.24) is 10.3 Å². The van der Waals surface area contributed by atoms with Crippen LogP contribution in [0.1, 0.15) is 51.7 Å². The molecule has 2 rings (SSSR count). The van der Waals surface area contributed by atoms with Crippen molar-refractivity contribution in [3.05, 3.63) is 23.4 Å². The summed E-state index contributed by atoms with van der Waals surface area (Å²) in [5.41, 5.74) is 2.60.